The van der Waals surface area contributed by atoms with Crippen molar-refractivity contribution in [2.24, 2.45) is 0 Å². The Bertz CT molecular complexity index is 509. The van der Waals surface area contributed by atoms with Crippen LogP contribution >= 0.6 is 0 Å². The van der Waals surface area contributed by atoms with E-state index in [1.165, 1.54) is 0 Å². The Morgan fingerprint density at radius 3 is 2.29 bits per heavy atom. The van der Waals surface area contributed by atoms with Crippen LogP contribution in [-0.2, 0) is 0 Å². The maximum atomic E-state index is 5.67. The van der Waals surface area contributed by atoms with Gasteiger partial charge in [0, 0.05) is 11.8 Å². The van der Waals surface area contributed by atoms with E-state index in [0.29, 0.717) is 11.6 Å². The Balaban J connectivity index is 2.38. The van der Waals surface area contributed by atoms with Gasteiger partial charge in [0.2, 0.25) is 0 Å². The average molecular weight is 230 g/mol. The van der Waals surface area contributed by atoms with E-state index in [1.54, 1.807) is 20.4 Å². The number of nitrogens with two attached hydrogens (primary N) is 1. The van der Waals surface area contributed by atoms with Gasteiger partial charge in [-0.1, -0.05) is 12.1 Å². The Morgan fingerprint density at radius 1 is 1.00 bits per heavy atom. The molecule has 2 rings (SSSR count). The van der Waals surface area contributed by atoms with E-state index >= 15 is 0 Å². The maximum Gasteiger partial charge on any atom is 0.166 e. The predicted octanol–water partition coefficient (Wildman–Crippen LogP) is 2.35. The minimum Gasteiger partial charge on any atom is -0.497 e. The van der Waals surface area contributed by atoms with Crippen molar-refractivity contribution < 1.29 is 9.47 Å². The topological polar surface area (TPSA) is 57.4 Å². The summed E-state index contributed by atoms with van der Waals surface area (Å²) < 4.78 is 10.2. The van der Waals surface area contributed by atoms with Gasteiger partial charge in [0.05, 0.1) is 14.2 Å². The first-order valence-corrected chi connectivity index (χ1v) is 5.18. The zero-order valence-electron chi connectivity index (χ0n) is 9.81. The molecule has 0 bridgehead atoms. The van der Waals surface area contributed by atoms with Gasteiger partial charge in [-0.3, -0.25) is 0 Å². The second-order valence-electron chi connectivity index (χ2n) is 3.54. The molecule has 88 valence electrons. The summed E-state index contributed by atoms with van der Waals surface area (Å²) in [5, 5.41) is 0. The number of methoxy groups -OCH3 is 2. The van der Waals surface area contributed by atoms with E-state index in [-0.39, 0.29) is 0 Å². The fourth-order valence-electron chi connectivity index (χ4n) is 1.56. The van der Waals surface area contributed by atoms with Gasteiger partial charge in [-0.25, -0.2) is 4.98 Å². The highest BCUT2D eigenvalue weighted by Gasteiger charge is 2.04. The Labute approximate surface area is 100 Å². The average Bonchev–Trinajstić information content (AvgIpc) is 2.39. The summed E-state index contributed by atoms with van der Waals surface area (Å²) in [6.45, 7) is 0. The van der Waals surface area contributed by atoms with Crippen LogP contribution in [0.2, 0.25) is 0 Å². The maximum absolute atomic E-state index is 5.67. The molecule has 4 heteroatoms. The summed E-state index contributed by atoms with van der Waals surface area (Å²) in [7, 11) is 3.22. The summed E-state index contributed by atoms with van der Waals surface area (Å²) in [5.41, 5.74) is 7.66. The number of rotatable bonds is 3. The molecule has 0 saturated heterocycles. The van der Waals surface area contributed by atoms with E-state index in [4.69, 9.17) is 15.2 Å². The molecule has 1 aromatic heterocycles. The number of hydrogen-bond acceptors (Lipinski definition) is 4. The number of nitrogen functional groups attached to an aromatic ring is 1. The van der Waals surface area contributed by atoms with E-state index in [9.17, 15) is 0 Å². The number of ether oxygens (including phenoxy) is 2. The van der Waals surface area contributed by atoms with Gasteiger partial charge in [0.15, 0.2) is 11.6 Å². The van der Waals surface area contributed by atoms with E-state index < -0.39 is 0 Å². The van der Waals surface area contributed by atoms with Crippen LogP contribution in [0.5, 0.6) is 11.5 Å². The second kappa shape index (κ2) is 4.74. The van der Waals surface area contributed by atoms with E-state index in [2.05, 4.69) is 4.98 Å². The second-order valence-corrected chi connectivity index (χ2v) is 3.54. The highest BCUT2D eigenvalue weighted by atomic mass is 16.5. The minimum atomic E-state index is 0.393. The highest BCUT2D eigenvalue weighted by Crippen LogP contribution is 2.27. The molecule has 0 saturated carbocycles. The standard InChI is InChI=1S/C13H14N2O2/c1-16-11-5-3-9(4-6-11)10-7-12(17-2)13(14)15-8-10/h3-8H,1-2H3,(H2,14,15). The van der Waals surface area contributed by atoms with Crippen molar-refractivity contribution in [1.29, 1.82) is 0 Å². The molecule has 0 spiro atoms. The lowest BCUT2D eigenvalue weighted by atomic mass is 10.1. The number of aromatic nitrogens is 1. The van der Waals surface area contributed by atoms with Gasteiger partial charge in [-0.2, -0.15) is 0 Å². The fraction of sp³-hybridized carbons (Fsp3) is 0.154. The SMILES string of the molecule is COc1ccc(-c2cnc(N)c(OC)c2)cc1. The largest absolute Gasteiger partial charge is 0.497 e. The molecule has 0 fully saturated rings. The van der Waals surface area contributed by atoms with Crippen molar-refractivity contribution in [2.45, 2.75) is 0 Å². The number of benzene rings is 1. The van der Waals surface area contributed by atoms with Crippen LogP contribution in [0.15, 0.2) is 36.5 Å². The first-order chi connectivity index (χ1) is 8.24. The quantitative estimate of drug-likeness (QED) is 0.879. The lowest BCUT2D eigenvalue weighted by molar-refractivity contribution is 0.415. The van der Waals surface area contributed by atoms with Gasteiger partial charge in [0.1, 0.15) is 5.75 Å². The van der Waals surface area contributed by atoms with Crippen LogP contribution < -0.4 is 15.2 Å². The molecule has 17 heavy (non-hydrogen) atoms. The first-order valence-electron chi connectivity index (χ1n) is 5.18. The van der Waals surface area contributed by atoms with Crippen molar-refractivity contribution in [3.05, 3.63) is 36.5 Å². The molecule has 0 aliphatic rings. The van der Waals surface area contributed by atoms with Crippen molar-refractivity contribution in [2.75, 3.05) is 20.0 Å². The van der Waals surface area contributed by atoms with Crippen molar-refractivity contribution in [3.63, 3.8) is 0 Å². The molecule has 0 amide bonds. The van der Waals surface area contributed by atoms with Gasteiger partial charge in [-0.15, -0.1) is 0 Å². The Kier molecular flexibility index (Phi) is 3.14. The third-order valence-electron chi connectivity index (χ3n) is 2.53. The summed E-state index contributed by atoms with van der Waals surface area (Å²) in [5.74, 6) is 1.80. The predicted molar refractivity (Wildman–Crippen MR) is 67.2 cm³/mol. The molecule has 0 aliphatic carbocycles. The lowest BCUT2D eigenvalue weighted by Gasteiger charge is -2.07. The molecule has 2 aromatic rings. The molecule has 0 radical (unpaired) electrons. The molecular weight excluding hydrogens is 216 g/mol. The van der Waals surface area contributed by atoms with E-state index in [0.717, 1.165) is 16.9 Å². The number of pyridine rings is 1. The third kappa shape index (κ3) is 2.30. The smallest absolute Gasteiger partial charge is 0.166 e. The third-order valence-corrected chi connectivity index (χ3v) is 2.53. The van der Waals surface area contributed by atoms with Crippen LogP contribution in [0, 0.1) is 0 Å². The van der Waals surface area contributed by atoms with Crippen molar-refractivity contribution >= 4 is 5.82 Å². The molecule has 1 aromatic carbocycles. The zero-order chi connectivity index (χ0) is 12.3. The molecule has 0 aliphatic heterocycles. The number of nitrogens with zero attached hydrogens (tertiary/aromatic N) is 1. The summed E-state index contributed by atoms with van der Waals surface area (Å²) in [6, 6.07) is 9.59. The summed E-state index contributed by atoms with van der Waals surface area (Å²) >= 11 is 0. The zero-order valence-corrected chi connectivity index (χ0v) is 9.81. The number of anilines is 1. The van der Waals surface area contributed by atoms with Gasteiger partial charge in [-0.05, 0) is 23.8 Å². The summed E-state index contributed by atoms with van der Waals surface area (Å²) in [6.07, 6.45) is 1.72. The molecule has 1 heterocycles. The van der Waals surface area contributed by atoms with Crippen molar-refractivity contribution in [3.8, 4) is 22.6 Å². The summed E-state index contributed by atoms with van der Waals surface area (Å²) in [4.78, 5) is 4.09. The van der Waals surface area contributed by atoms with E-state index in [1.807, 2.05) is 30.3 Å². The van der Waals surface area contributed by atoms with Crippen LogP contribution in [0.25, 0.3) is 11.1 Å². The molecule has 4 nitrogen and oxygen atoms in total. The van der Waals surface area contributed by atoms with Gasteiger partial charge < -0.3 is 15.2 Å². The van der Waals surface area contributed by atoms with Crippen LogP contribution in [-0.4, -0.2) is 19.2 Å². The molecule has 2 N–H and O–H groups in total. The lowest BCUT2D eigenvalue weighted by Crippen LogP contribution is -1.95. The highest BCUT2D eigenvalue weighted by molar-refractivity contribution is 5.67. The van der Waals surface area contributed by atoms with Crippen LogP contribution in [0.3, 0.4) is 0 Å². The van der Waals surface area contributed by atoms with Crippen molar-refractivity contribution in [1.82, 2.24) is 4.98 Å². The fourth-order valence-corrected chi connectivity index (χ4v) is 1.56. The molecule has 0 atom stereocenters. The molecular formula is C13H14N2O2. The number of hydrogen-bond donors (Lipinski definition) is 1. The normalized spacial score (nSPS) is 10.0. The molecule has 0 unspecified atom stereocenters. The Hall–Kier alpha value is -2.23. The Morgan fingerprint density at radius 2 is 1.71 bits per heavy atom. The minimum absolute atomic E-state index is 0.393. The van der Waals surface area contributed by atoms with Crippen LogP contribution in [0.1, 0.15) is 0 Å². The van der Waals surface area contributed by atoms with Gasteiger partial charge in [0.25, 0.3) is 0 Å². The monoisotopic (exact) mass is 230 g/mol. The van der Waals surface area contributed by atoms with Crippen LogP contribution in [0.4, 0.5) is 5.82 Å². The first kappa shape index (κ1) is 11.3. The van der Waals surface area contributed by atoms with Gasteiger partial charge >= 0.3 is 0 Å².